The molecule has 1 unspecified atom stereocenters. The summed E-state index contributed by atoms with van der Waals surface area (Å²) in [6.45, 7) is 10.7. The summed E-state index contributed by atoms with van der Waals surface area (Å²) in [4.78, 5) is 0. The summed E-state index contributed by atoms with van der Waals surface area (Å²) in [5, 5.41) is 0. The molecule has 1 atom stereocenters. The van der Waals surface area contributed by atoms with E-state index in [2.05, 4.69) is 39.0 Å². The van der Waals surface area contributed by atoms with E-state index < -0.39 is 0 Å². The van der Waals surface area contributed by atoms with Crippen LogP contribution in [0.5, 0.6) is 5.75 Å². The van der Waals surface area contributed by atoms with E-state index in [-0.39, 0.29) is 17.6 Å². The summed E-state index contributed by atoms with van der Waals surface area (Å²) in [6.07, 6.45) is 2.24. The molecule has 0 aromatic heterocycles. The van der Waals surface area contributed by atoms with Gasteiger partial charge in [-0.15, -0.1) is 0 Å². The van der Waals surface area contributed by atoms with E-state index in [1.54, 1.807) is 0 Å². The first-order valence-corrected chi connectivity index (χ1v) is 6.80. The van der Waals surface area contributed by atoms with Crippen LogP contribution < -0.4 is 10.5 Å². The van der Waals surface area contributed by atoms with Crippen LogP contribution in [0.15, 0.2) is 24.3 Å². The zero-order valence-electron chi connectivity index (χ0n) is 12.4. The number of aryl methyl sites for hydroxylation is 1. The second kappa shape index (κ2) is 6.24. The van der Waals surface area contributed by atoms with E-state index in [4.69, 9.17) is 10.5 Å². The van der Waals surface area contributed by atoms with E-state index in [1.165, 1.54) is 5.56 Å². The highest BCUT2D eigenvalue weighted by molar-refractivity contribution is 5.28. The van der Waals surface area contributed by atoms with Crippen LogP contribution >= 0.6 is 0 Å². The van der Waals surface area contributed by atoms with E-state index in [9.17, 15) is 0 Å². The molecule has 2 heteroatoms. The molecule has 0 spiro atoms. The minimum absolute atomic E-state index is 0.173. The van der Waals surface area contributed by atoms with Gasteiger partial charge in [0.05, 0.1) is 6.10 Å². The molecule has 0 aliphatic rings. The Morgan fingerprint density at radius 1 is 1.22 bits per heavy atom. The molecule has 0 heterocycles. The summed E-state index contributed by atoms with van der Waals surface area (Å²) >= 11 is 0. The maximum Gasteiger partial charge on any atom is 0.119 e. The van der Waals surface area contributed by atoms with Gasteiger partial charge in [0, 0.05) is 6.04 Å². The molecule has 0 aliphatic carbocycles. The summed E-state index contributed by atoms with van der Waals surface area (Å²) < 4.78 is 5.70. The number of hydrogen-bond acceptors (Lipinski definition) is 2. The highest BCUT2D eigenvalue weighted by Crippen LogP contribution is 2.22. The van der Waals surface area contributed by atoms with Gasteiger partial charge in [-0.05, 0) is 49.8 Å². The topological polar surface area (TPSA) is 35.2 Å². The molecule has 0 radical (unpaired) electrons. The lowest BCUT2D eigenvalue weighted by Gasteiger charge is -2.27. The molecular formula is C16H27NO. The average Bonchev–Trinajstić information content (AvgIpc) is 2.24. The molecule has 1 rings (SSSR count). The largest absolute Gasteiger partial charge is 0.491 e. The van der Waals surface area contributed by atoms with Gasteiger partial charge in [0.2, 0.25) is 0 Å². The van der Waals surface area contributed by atoms with Crippen molar-refractivity contribution in [3.8, 4) is 5.75 Å². The minimum Gasteiger partial charge on any atom is -0.491 e. The van der Waals surface area contributed by atoms with Gasteiger partial charge < -0.3 is 10.5 Å². The van der Waals surface area contributed by atoms with Gasteiger partial charge in [0.25, 0.3) is 0 Å². The van der Waals surface area contributed by atoms with Crippen LogP contribution in [-0.4, -0.2) is 12.1 Å². The van der Waals surface area contributed by atoms with Crippen molar-refractivity contribution in [1.82, 2.24) is 0 Å². The van der Waals surface area contributed by atoms with Gasteiger partial charge in [0.1, 0.15) is 5.75 Å². The first-order chi connectivity index (χ1) is 8.29. The Balaban J connectivity index is 2.57. The molecule has 2 nitrogen and oxygen atoms in total. The molecule has 102 valence electrons. The predicted molar refractivity (Wildman–Crippen MR) is 78.0 cm³/mol. The Morgan fingerprint density at radius 2 is 1.89 bits per heavy atom. The van der Waals surface area contributed by atoms with Crippen LogP contribution in [0.2, 0.25) is 0 Å². The number of hydrogen-bond donors (Lipinski definition) is 1. The number of benzene rings is 1. The fourth-order valence-corrected chi connectivity index (χ4v) is 1.80. The fraction of sp³-hybridized carbons (Fsp3) is 0.625. The summed E-state index contributed by atoms with van der Waals surface area (Å²) in [5.41, 5.74) is 7.66. The molecular weight excluding hydrogens is 222 g/mol. The smallest absolute Gasteiger partial charge is 0.119 e. The maximum atomic E-state index is 6.19. The molecule has 0 bridgehead atoms. The molecule has 2 N–H and O–H groups in total. The zero-order valence-corrected chi connectivity index (χ0v) is 12.4. The Kier molecular flexibility index (Phi) is 5.21. The molecule has 0 fully saturated rings. The van der Waals surface area contributed by atoms with Gasteiger partial charge >= 0.3 is 0 Å². The Labute approximate surface area is 112 Å². The zero-order chi connectivity index (χ0) is 13.8. The van der Waals surface area contributed by atoms with E-state index in [1.807, 2.05) is 19.9 Å². The van der Waals surface area contributed by atoms with Crippen molar-refractivity contribution in [1.29, 1.82) is 0 Å². The van der Waals surface area contributed by atoms with Gasteiger partial charge in [-0.3, -0.25) is 0 Å². The minimum atomic E-state index is 0.173. The lowest BCUT2D eigenvalue weighted by Crippen LogP contribution is -2.35. The van der Waals surface area contributed by atoms with Crippen molar-refractivity contribution in [3.63, 3.8) is 0 Å². The van der Waals surface area contributed by atoms with E-state index in [0.29, 0.717) is 0 Å². The van der Waals surface area contributed by atoms with Crippen LogP contribution in [0.4, 0.5) is 0 Å². The first-order valence-electron chi connectivity index (χ1n) is 6.80. The lowest BCUT2D eigenvalue weighted by molar-refractivity contribution is 0.242. The van der Waals surface area contributed by atoms with Crippen LogP contribution in [0.25, 0.3) is 0 Å². The first kappa shape index (κ1) is 15.0. The van der Waals surface area contributed by atoms with Crippen LogP contribution in [0.1, 0.15) is 46.6 Å². The van der Waals surface area contributed by atoms with E-state index >= 15 is 0 Å². The van der Waals surface area contributed by atoms with Crippen molar-refractivity contribution < 1.29 is 4.74 Å². The molecule has 0 saturated carbocycles. The predicted octanol–water partition coefficient (Wildman–Crippen LogP) is 3.78. The van der Waals surface area contributed by atoms with Crippen molar-refractivity contribution in [2.75, 3.05) is 0 Å². The Hall–Kier alpha value is -1.02. The van der Waals surface area contributed by atoms with Gasteiger partial charge in [-0.1, -0.05) is 32.9 Å². The fourth-order valence-electron chi connectivity index (χ4n) is 1.80. The molecule has 0 saturated heterocycles. The van der Waals surface area contributed by atoms with Crippen LogP contribution in [0, 0.1) is 5.41 Å². The number of rotatable bonds is 5. The van der Waals surface area contributed by atoms with Gasteiger partial charge in [-0.25, -0.2) is 0 Å². The normalized spacial score (nSPS) is 13.7. The van der Waals surface area contributed by atoms with Crippen molar-refractivity contribution in [2.45, 2.75) is 59.6 Å². The molecule has 0 amide bonds. The molecule has 1 aromatic rings. The average molecular weight is 249 g/mol. The van der Waals surface area contributed by atoms with Crippen LogP contribution in [0.3, 0.4) is 0 Å². The third-order valence-corrected chi connectivity index (χ3v) is 3.13. The second-order valence-corrected chi connectivity index (χ2v) is 6.33. The van der Waals surface area contributed by atoms with Crippen molar-refractivity contribution in [2.24, 2.45) is 11.1 Å². The molecule has 18 heavy (non-hydrogen) atoms. The van der Waals surface area contributed by atoms with Crippen molar-refractivity contribution in [3.05, 3.63) is 29.8 Å². The lowest BCUT2D eigenvalue weighted by atomic mass is 9.84. The summed E-state index contributed by atoms with van der Waals surface area (Å²) in [5.74, 6) is 0.951. The number of ether oxygens (including phenoxy) is 1. The summed E-state index contributed by atoms with van der Waals surface area (Å²) in [7, 11) is 0. The Morgan fingerprint density at radius 3 is 2.44 bits per heavy atom. The standard InChI is InChI=1S/C16H27NO/c1-12(2)18-14-8-6-7-13(11-14)9-10-15(17)16(3,4)5/h6-8,11-12,15H,9-10,17H2,1-5H3. The van der Waals surface area contributed by atoms with Gasteiger partial charge in [0.15, 0.2) is 0 Å². The monoisotopic (exact) mass is 249 g/mol. The highest BCUT2D eigenvalue weighted by Gasteiger charge is 2.19. The Bertz CT molecular complexity index is 366. The third-order valence-electron chi connectivity index (χ3n) is 3.13. The van der Waals surface area contributed by atoms with Crippen LogP contribution in [-0.2, 0) is 6.42 Å². The third kappa shape index (κ3) is 5.09. The molecule has 0 aliphatic heterocycles. The van der Waals surface area contributed by atoms with E-state index in [0.717, 1.165) is 18.6 Å². The second-order valence-electron chi connectivity index (χ2n) is 6.33. The number of nitrogens with two attached hydrogens (primary N) is 1. The van der Waals surface area contributed by atoms with Crippen molar-refractivity contribution >= 4 is 0 Å². The quantitative estimate of drug-likeness (QED) is 0.862. The summed E-state index contributed by atoms with van der Waals surface area (Å²) in [6, 6.07) is 8.55. The van der Waals surface area contributed by atoms with Gasteiger partial charge in [-0.2, -0.15) is 0 Å². The highest BCUT2D eigenvalue weighted by atomic mass is 16.5. The maximum absolute atomic E-state index is 6.19. The molecule has 1 aromatic carbocycles. The SMILES string of the molecule is CC(C)Oc1cccc(CCC(N)C(C)(C)C)c1.